The van der Waals surface area contributed by atoms with E-state index in [1.807, 2.05) is 18.2 Å². The van der Waals surface area contributed by atoms with Gasteiger partial charge in [0.2, 0.25) is 0 Å². The number of benzene rings is 1. The van der Waals surface area contributed by atoms with Gasteiger partial charge in [0.1, 0.15) is 5.75 Å². The maximum absolute atomic E-state index is 12.7. The Hall–Kier alpha value is -3.55. The Kier molecular flexibility index (Phi) is 4.84. The number of carboxylic acid groups (broad SMARTS) is 1. The minimum absolute atomic E-state index is 0.0747. The van der Waals surface area contributed by atoms with Gasteiger partial charge in [-0.3, -0.25) is 9.48 Å². The average Bonchev–Trinajstić information content (AvgIpc) is 3.38. The molecule has 0 unspecified atom stereocenters. The molecule has 28 heavy (non-hydrogen) atoms. The molecule has 1 aromatic carbocycles. The lowest BCUT2D eigenvalue weighted by Crippen LogP contribution is -2.39. The van der Waals surface area contributed by atoms with E-state index >= 15 is 0 Å². The number of para-hydroxylation sites is 1. The number of aromatic carboxylic acids is 1. The summed E-state index contributed by atoms with van der Waals surface area (Å²) in [5, 5.41) is 13.1. The smallest absolute Gasteiger partial charge is 0.338 e. The Morgan fingerprint density at radius 2 is 1.86 bits per heavy atom. The van der Waals surface area contributed by atoms with Gasteiger partial charge in [-0.2, -0.15) is 5.10 Å². The monoisotopic (exact) mass is 381 g/mol. The van der Waals surface area contributed by atoms with Crippen LogP contribution < -0.4 is 4.74 Å². The molecule has 0 spiro atoms. The van der Waals surface area contributed by atoms with Crippen LogP contribution in [0.1, 0.15) is 39.8 Å². The maximum Gasteiger partial charge on any atom is 0.338 e. The molecule has 1 N–H and O–H groups in total. The van der Waals surface area contributed by atoms with Crippen LogP contribution in [-0.4, -0.2) is 44.8 Å². The molecule has 3 aromatic rings. The predicted molar refractivity (Wildman–Crippen MR) is 98.6 cm³/mol. The van der Waals surface area contributed by atoms with E-state index in [9.17, 15) is 9.59 Å². The zero-order chi connectivity index (χ0) is 19.5. The SMILES string of the molecule is O=C(O)c1cnn(C2CCN(C(=O)c3ccc(Oc4ccccc4)o3)CC2)c1. The second-order valence-electron chi connectivity index (χ2n) is 6.57. The largest absolute Gasteiger partial charge is 0.478 e. The molecule has 0 saturated carbocycles. The summed E-state index contributed by atoms with van der Waals surface area (Å²) >= 11 is 0. The van der Waals surface area contributed by atoms with E-state index < -0.39 is 5.97 Å². The molecule has 2 aromatic heterocycles. The topological polar surface area (TPSA) is 97.8 Å². The first kappa shape index (κ1) is 17.8. The molecule has 0 bridgehead atoms. The highest BCUT2D eigenvalue weighted by Crippen LogP contribution is 2.27. The Bertz CT molecular complexity index is 971. The quantitative estimate of drug-likeness (QED) is 0.727. The molecular formula is C20H19N3O5. The zero-order valence-corrected chi connectivity index (χ0v) is 15.0. The van der Waals surface area contributed by atoms with Gasteiger partial charge in [-0.15, -0.1) is 0 Å². The van der Waals surface area contributed by atoms with Crippen LogP contribution in [0.25, 0.3) is 0 Å². The normalized spacial score (nSPS) is 14.8. The molecule has 1 saturated heterocycles. The number of furan rings is 1. The fraction of sp³-hybridized carbons (Fsp3) is 0.250. The average molecular weight is 381 g/mol. The van der Waals surface area contributed by atoms with E-state index in [1.165, 1.54) is 12.4 Å². The van der Waals surface area contributed by atoms with E-state index in [-0.39, 0.29) is 29.2 Å². The van der Waals surface area contributed by atoms with Gasteiger partial charge in [0.05, 0.1) is 17.8 Å². The number of amides is 1. The van der Waals surface area contributed by atoms with Crippen LogP contribution in [0.4, 0.5) is 0 Å². The van der Waals surface area contributed by atoms with Gasteiger partial charge in [0.15, 0.2) is 5.76 Å². The minimum Gasteiger partial charge on any atom is -0.478 e. The highest BCUT2D eigenvalue weighted by Gasteiger charge is 2.27. The number of aromatic nitrogens is 2. The minimum atomic E-state index is -0.995. The van der Waals surface area contributed by atoms with Crippen molar-refractivity contribution in [3.63, 3.8) is 0 Å². The molecule has 0 aliphatic carbocycles. The van der Waals surface area contributed by atoms with Gasteiger partial charge >= 0.3 is 5.97 Å². The first-order valence-electron chi connectivity index (χ1n) is 8.99. The Morgan fingerprint density at radius 1 is 1.11 bits per heavy atom. The summed E-state index contributed by atoms with van der Waals surface area (Å²) in [5.41, 5.74) is 0.167. The molecule has 144 valence electrons. The van der Waals surface area contributed by atoms with Crippen LogP contribution in [0.3, 0.4) is 0 Å². The number of nitrogens with zero attached hydrogens (tertiary/aromatic N) is 3. The molecule has 1 aliphatic rings. The molecule has 1 amide bonds. The predicted octanol–water partition coefficient (Wildman–Crippen LogP) is 3.44. The highest BCUT2D eigenvalue weighted by atomic mass is 16.6. The number of hydrogen-bond donors (Lipinski definition) is 1. The van der Waals surface area contributed by atoms with Crippen molar-refractivity contribution >= 4 is 11.9 Å². The lowest BCUT2D eigenvalue weighted by Gasteiger charge is -2.31. The first-order valence-corrected chi connectivity index (χ1v) is 8.99. The number of carbonyl (C=O) groups excluding carboxylic acids is 1. The fourth-order valence-electron chi connectivity index (χ4n) is 3.23. The van der Waals surface area contributed by atoms with Gasteiger partial charge < -0.3 is 19.2 Å². The van der Waals surface area contributed by atoms with Crippen molar-refractivity contribution in [2.75, 3.05) is 13.1 Å². The van der Waals surface area contributed by atoms with Crippen LogP contribution in [0, 0.1) is 0 Å². The summed E-state index contributed by atoms with van der Waals surface area (Å²) in [5.74, 6) is -0.0475. The van der Waals surface area contributed by atoms with Crippen LogP contribution in [-0.2, 0) is 0 Å². The maximum atomic E-state index is 12.7. The molecule has 1 fully saturated rings. The third kappa shape index (κ3) is 3.75. The summed E-state index contributed by atoms with van der Waals surface area (Å²) < 4.78 is 12.8. The third-order valence-corrected chi connectivity index (χ3v) is 4.73. The molecule has 1 aliphatic heterocycles. The summed E-state index contributed by atoms with van der Waals surface area (Å²) in [7, 11) is 0. The number of rotatable bonds is 5. The van der Waals surface area contributed by atoms with Gasteiger partial charge in [-0.1, -0.05) is 18.2 Å². The van der Waals surface area contributed by atoms with E-state index in [2.05, 4.69) is 5.10 Å². The van der Waals surface area contributed by atoms with Crippen molar-refractivity contribution in [3.05, 3.63) is 66.2 Å². The van der Waals surface area contributed by atoms with Crippen LogP contribution in [0.15, 0.2) is 59.3 Å². The molecular weight excluding hydrogens is 362 g/mol. The van der Waals surface area contributed by atoms with Crippen molar-refractivity contribution in [2.45, 2.75) is 18.9 Å². The number of carboxylic acids is 1. The van der Waals surface area contributed by atoms with E-state index in [0.29, 0.717) is 31.7 Å². The molecule has 4 rings (SSSR count). The van der Waals surface area contributed by atoms with Gasteiger partial charge in [-0.05, 0) is 31.0 Å². The van der Waals surface area contributed by atoms with Crippen LogP contribution in [0.5, 0.6) is 11.7 Å². The molecule has 8 heteroatoms. The van der Waals surface area contributed by atoms with Crippen molar-refractivity contribution in [1.29, 1.82) is 0 Å². The standard InChI is InChI=1S/C20H19N3O5/c24-19(17-6-7-18(28-17)27-16-4-2-1-3-5-16)22-10-8-15(9-11-22)23-13-14(12-21-23)20(25)26/h1-7,12-13,15H,8-11H2,(H,25,26). The van der Waals surface area contributed by atoms with Crippen molar-refractivity contribution in [2.24, 2.45) is 0 Å². The van der Waals surface area contributed by atoms with Crippen LogP contribution in [0.2, 0.25) is 0 Å². The fourth-order valence-corrected chi connectivity index (χ4v) is 3.23. The number of ether oxygens (including phenoxy) is 1. The third-order valence-electron chi connectivity index (χ3n) is 4.73. The molecule has 0 radical (unpaired) electrons. The Labute approximate surface area is 160 Å². The van der Waals surface area contributed by atoms with E-state index in [1.54, 1.807) is 33.8 Å². The lowest BCUT2D eigenvalue weighted by molar-refractivity contribution is 0.0653. The van der Waals surface area contributed by atoms with Gasteiger partial charge in [0.25, 0.3) is 11.9 Å². The number of carbonyl (C=O) groups is 2. The number of piperidine rings is 1. The van der Waals surface area contributed by atoms with Gasteiger partial charge in [-0.25, -0.2) is 4.79 Å². The molecule has 3 heterocycles. The van der Waals surface area contributed by atoms with Gasteiger partial charge in [0, 0.05) is 25.4 Å². The second kappa shape index (κ2) is 7.59. The number of hydrogen-bond acceptors (Lipinski definition) is 5. The van der Waals surface area contributed by atoms with E-state index in [0.717, 1.165) is 0 Å². The summed E-state index contributed by atoms with van der Waals surface area (Å²) in [6.45, 7) is 1.09. The second-order valence-corrected chi connectivity index (χ2v) is 6.57. The van der Waals surface area contributed by atoms with Crippen molar-refractivity contribution in [1.82, 2.24) is 14.7 Å². The zero-order valence-electron chi connectivity index (χ0n) is 15.0. The summed E-state index contributed by atoms with van der Waals surface area (Å²) in [6.07, 6.45) is 4.27. The van der Waals surface area contributed by atoms with E-state index in [4.69, 9.17) is 14.3 Å². The van der Waals surface area contributed by atoms with Crippen LogP contribution >= 0.6 is 0 Å². The summed E-state index contributed by atoms with van der Waals surface area (Å²) in [4.78, 5) is 25.4. The highest BCUT2D eigenvalue weighted by molar-refractivity contribution is 5.91. The molecule has 8 nitrogen and oxygen atoms in total. The lowest BCUT2D eigenvalue weighted by atomic mass is 10.1. The van der Waals surface area contributed by atoms with Crippen molar-refractivity contribution < 1.29 is 23.8 Å². The molecule has 0 atom stereocenters. The first-order chi connectivity index (χ1) is 13.6. The van der Waals surface area contributed by atoms with Crippen molar-refractivity contribution in [3.8, 4) is 11.7 Å². The Balaban J connectivity index is 1.35. The Morgan fingerprint density at radius 3 is 2.54 bits per heavy atom. The summed E-state index contributed by atoms with van der Waals surface area (Å²) in [6, 6.07) is 12.5. The number of likely N-dealkylation sites (tertiary alicyclic amines) is 1.